The highest BCUT2D eigenvalue weighted by molar-refractivity contribution is 5.69. The van der Waals surface area contributed by atoms with Gasteiger partial charge in [0.15, 0.2) is 0 Å². The van der Waals surface area contributed by atoms with E-state index in [1.807, 2.05) is 6.08 Å². The molecule has 0 aliphatic rings. The molecule has 1 N–H and O–H groups in total. The summed E-state index contributed by atoms with van der Waals surface area (Å²) in [6, 6.07) is 0. The third kappa shape index (κ3) is 24.8. The number of carbonyl (C=O) groups excluding carboxylic acids is 1. The number of hydrogen-bond acceptors (Lipinski definition) is 3. The highest BCUT2D eigenvalue weighted by Crippen LogP contribution is 2.14. The average molecular weight is 477 g/mol. The monoisotopic (exact) mass is 476 g/mol. The highest BCUT2D eigenvalue weighted by Gasteiger charge is 2.11. The van der Waals surface area contributed by atoms with Gasteiger partial charge in [-0.3, -0.25) is 9.59 Å². The number of unbranched alkanes of at least 4 members (excludes halogenated alkanes) is 11. The Hall–Kier alpha value is -1.84. The van der Waals surface area contributed by atoms with Gasteiger partial charge >= 0.3 is 11.9 Å². The Kier molecular flexibility index (Phi) is 24.4. The quantitative estimate of drug-likeness (QED) is 0.0857. The fourth-order valence-corrected chi connectivity index (χ4v) is 3.71. The van der Waals surface area contributed by atoms with Crippen molar-refractivity contribution in [1.29, 1.82) is 0 Å². The Morgan fingerprint density at radius 3 is 2.00 bits per heavy atom. The Balaban J connectivity index is 4.12. The van der Waals surface area contributed by atoms with Gasteiger partial charge in [0.25, 0.3) is 0 Å². The van der Waals surface area contributed by atoms with Gasteiger partial charge in [-0.2, -0.15) is 0 Å². The van der Waals surface area contributed by atoms with Crippen molar-refractivity contribution in [2.24, 2.45) is 0 Å². The lowest BCUT2D eigenvalue weighted by Crippen LogP contribution is -2.16. The molecule has 0 bridgehead atoms. The van der Waals surface area contributed by atoms with Crippen LogP contribution in [0.4, 0.5) is 0 Å². The molecule has 4 heteroatoms. The number of carboxylic acids is 1. The molecule has 0 aliphatic heterocycles. The summed E-state index contributed by atoms with van der Waals surface area (Å²) < 4.78 is 5.76. The molecule has 1 unspecified atom stereocenters. The minimum absolute atomic E-state index is 0.0964. The molecule has 0 amide bonds. The van der Waals surface area contributed by atoms with Gasteiger partial charge < -0.3 is 9.84 Å². The fraction of sp³-hybridized carbons (Fsp3) is 0.733. The average Bonchev–Trinajstić information content (AvgIpc) is 2.81. The summed E-state index contributed by atoms with van der Waals surface area (Å²) in [5.74, 6) is -0.828. The van der Waals surface area contributed by atoms with E-state index in [0.717, 1.165) is 57.8 Å². The van der Waals surface area contributed by atoms with Gasteiger partial charge in [-0.25, -0.2) is 0 Å². The molecular formula is C30H52O4. The molecule has 34 heavy (non-hydrogen) atoms. The predicted octanol–water partition coefficient (Wildman–Crippen LogP) is 9.10. The van der Waals surface area contributed by atoms with Crippen molar-refractivity contribution >= 4 is 11.9 Å². The molecule has 0 spiro atoms. The van der Waals surface area contributed by atoms with E-state index in [0.29, 0.717) is 12.8 Å². The lowest BCUT2D eigenvalue weighted by Gasteiger charge is -2.14. The zero-order valence-electron chi connectivity index (χ0n) is 22.1. The normalized spacial score (nSPS) is 12.8. The van der Waals surface area contributed by atoms with Crippen LogP contribution in [0, 0.1) is 0 Å². The highest BCUT2D eigenvalue weighted by atomic mass is 16.5. The zero-order valence-corrected chi connectivity index (χ0v) is 22.1. The molecule has 4 nitrogen and oxygen atoms in total. The van der Waals surface area contributed by atoms with Crippen LogP contribution in [0.3, 0.4) is 0 Å². The van der Waals surface area contributed by atoms with Gasteiger partial charge in [0.1, 0.15) is 6.10 Å². The van der Waals surface area contributed by atoms with E-state index < -0.39 is 5.97 Å². The summed E-state index contributed by atoms with van der Waals surface area (Å²) in [5.41, 5.74) is 0. The largest absolute Gasteiger partial charge is 0.481 e. The number of aliphatic carboxylic acids is 1. The number of ether oxygens (including phenoxy) is 1. The molecule has 0 heterocycles. The molecule has 1 atom stereocenters. The van der Waals surface area contributed by atoms with E-state index in [-0.39, 0.29) is 18.5 Å². The summed E-state index contributed by atoms with van der Waals surface area (Å²) >= 11 is 0. The maximum absolute atomic E-state index is 12.4. The van der Waals surface area contributed by atoms with Crippen LogP contribution in [0.15, 0.2) is 36.5 Å². The topological polar surface area (TPSA) is 63.6 Å². The molecule has 0 fully saturated rings. The molecule has 0 saturated heterocycles. The Labute approximate surface area is 209 Å². The first-order valence-electron chi connectivity index (χ1n) is 14.0. The molecule has 196 valence electrons. The number of rotatable bonds is 24. The fourth-order valence-electron chi connectivity index (χ4n) is 3.71. The van der Waals surface area contributed by atoms with Gasteiger partial charge in [0, 0.05) is 12.8 Å². The Morgan fingerprint density at radius 1 is 0.676 bits per heavy atom. The van der Waals surface area contributed by atoms with Crippen LogP contribution in [-0.2, 0) is 14.3 Å². The van der Waals surface area contributed by atoms with Crippen molar-refractivity contribution in [3.63, 3.8) is 0 Å². The second-order valence-electron chi connectivity index (χ2n) is 9.22. The van der Waals surface area contributed by atoms with Crippen molar-refractivity contribution < 1.29 is 19.4 Å². The molecule has 0 aromatic heterocycles. The molecule has 0 saturated carbocycles. The minimum Gasteiger partial charge on any atom is -0.481 e. The number of carboxylic acid groups (broad SMARTS) is 1. The van der Waals surface area contributed by atoms with Crippen LogP contribution in [0.25, 0.3) is 0 Å². The maximum Gasteiger partial charge on any atom is 0.306 e. The van der Waals surface area contributed by atoms with E-state index in [9.17, 15) is 9.59 Å². The van der Waals surface area contributed by atoms with Crippen LogP contribution >= 0.6 is 0 Å². The summed E-state index contributed by atoms with van der Waals surface area (Å²) in [6.07, 6.45) is 31.6. The third-order valence-electron chi connectivity index (χ3n) is 5.80. The third-order valence-corrected chi connectivity index (χ3v) is 5.80. The molecule has 0 aliphatic carbocycles. The van der Waals surface area contributed by atoms with E-state index in [4.69, 9.17) is 9.84 Å². The number of hydrogen-bond donors (Lipinski definition) is 1. The summed E-state index contributed by atoms with van der Waals surface area (Å²) in [7, 11) is 0. The van der Waals surface area contributed by atoms with E-state index in [1.165, 1.54) is 44.9 Å². The van der Waals surface area contributed by atoms with Crippen molar-refractivity contribution in [3.8, 4) is 0 Å². The predicted molar refractivity (Wildman–Crippen MR) is 144 cm³/mol. The van der Waals surface area contributed by atoms with Crippen LogP contribution < -0.4 is 0 Å². The van der Waals surface area contributed by atoms with Gasteiger partial charge in [0.05, 0.1) is 0 Å². The SMILES string of the molecule is CCC/C=C\C/C=C\C(CCCCCCC(=O)O)OC(=O)CCCCCCC/C=C\CCCC. The second-order valence-corrected chi connectivity index (χ2v) is 9.22. The van der Waals surface area contributed by atoms with Crippen LogP contribution in [-0.4, -0.2) is 23.1 Å². The van der Waals surface area contributed by atoms with Crippen LogP contribution in [0.5, 0.6) is 0 Å². The van der Waals surface area contributed by atoms with E-state index in [1.54, 1.807) is 0 Å². The van der Waals surface area contributed by atoms with Crippen molar-refractivity contribution in [1.82, 2.24) is 0 Å². The lowest BCUT2D eigenvalue weighted by atomic mass is 10.1. The molecule has 0 aromatic carbocycles. The smallest absolute Gasteiger partial charge is 0.306 e. The van der Waals surface area contributed by atoms with Crippen molar-refractivity contribution in [2.75, 3.05) is 0 Å². The number of esters is 1. The first kappa shape index (κ1) is 32.2. The van der Waals surface area contributed by atoms with Crippen LogP contribution in [0.1, 0.15) is 136 Å². The minimum atomic E-state index is -0.731. The Morgan fingerprint density at radius 2 is 1.29 bits per heavy atom. The Bertz CT molecular complexity index is 562. The van der Waals surface area contributed by atoms with Gasteiger partial charge in [-0.1, -0.05) is 95.6 Å². The number of allylic oxidation sites excluding steroid dienone is 5. The first-order valence-corrected chi connectivity index (χ1v) is 14.0. The zero-order chi connectivity index (χ0) is 25.1. The summed E-state index contributed by atoms with van der Waals surface area (Å²) in [6.45, 7) is 4.39. The van der Waals surface area contributed by atoms with Crippen molar-refractivity contribution in [2.45, 2.75) is 142 Å². The lowest BCUT2D eigenvalue weighted by molar-refractivity contribution is -0.147. The first-order chi connectivity index (χ1) is 16.6. The van der Waals surface area contributed by atoms with Gasteiger partial charge in [-0.05, 0) is 63.9 Å². The number of carbonyl (C=O) groups is 2. The second kappa shape index (κ2) is 25.8. The molecular weight excluding hydrogens is 424 g/mol. The van der Waals surface area contributed by atoms with Crippen molar-refractivity contribution in [3.05, 3.63) is 36.5 Å². The van der Waals surface area contributed by atoms with Crippen LogP contribution in [0.2, 0.25) is 0 Å². The summed E-state index contributed by atoms with van der Waals surface area (Å²) in [5, 5.41) is 8.74. The maximum atomic E-state index is 12.4. The van der Waals surface area contributed by atoms with E-state index >= 15 is 0 Å². The van der Waals surface area contributed by atoms with Gasteiger partial charge in [-0.15, -0.1) is 0 Å². The summed E-state index contributed by atoms with van der Waals surface area (Å²) in [4.78, 5) is 23.0. The van der Waals surface area contributed by atoms with E-state index in [2.05, 4.69) is 44.2 Å². The standard InChI is InChI=1S/C30H52O4/c1-3-5-7-9-11-12-13-14-15-17-23-27-30(33)34-28(24-20-16-10-8-6-4-2)25-21-18-19-22-26-29(31)32/h8-11,20,24,28H,3-7,12-19,21-23,25-27H2,1-2H3,(H,31,32)/b10-8-,11-9-,24-20-. The molecule has 0 aromatic rings. The van der Waals surface area contributed by atoms with Gasteiger partial charge in [0.2, 0.25) is 0 Å². The molecule has 0 radical (unpaired) electrons. The molecule has 0 rings (SSSR count).